The molecule has 68 heavy (non-hydrogen) atoms. The van der Waals surface area contributed by atoms with Crippen molar-refractivity contribution in [1.29, 1.82) is 0 Å². The fourth-order valence-corrected chi connectivity index (χ4v) is 11.8. The fourth-order valence-electron chi connectivity index (χ4n) is 11.8. The van der Waals surface area contributed by atoms with Crippen LogP contribution in [0.25, 0.3) is 117 Å². The van der Waals surface area contributed by atoms with Gasteiger partial charge in [0.25, 0.3) is 0 Å². The van der Waals surface area contributed by atoms with Gasteiger partial charge in [0, 0.05) is 55.4 Å². The van der Waals surface area contributed by atoms with Crippen molar-refractivity contribution < 1.29 is 4.42 Å². The Hall–Kier alpha value is -8.34. The van der Waals surface area contributed by atoms with E-state index in [1.54, 1.807) is 0 Å². The van der Waals surface area contributed by atoms with Crippen LogP contribution in [0.15, 0.2) is 217 Å². The van der Waals surface area contributed by atoms with Gasteiger partial charge >= 0.3 is 0 Å². The highest BCUT2D eigenvalue weighted by Crippen LogP contribution is 2.57. The van der Waals surface area contributed by atoms with Gasteiger partial charge in [0.15, 0.2) is 5.82 Å². The second-order valence-electron chi connectivity index (χ2n) is 18.8. The third kappa shape index (κ3) is 6.14. The number of para-hydroxylation sites is 1. The first kappa shape index (κ1) is 38.9. The molecule has 9 aromatic carbocycles. The number of hydrogen-bond donors (Lipinski definition) is 0. The Morgan fingerprint density at radius 2 is 1.00 bits per heavy atom. The van der Waals surface area contributed by atoms with Crippen LogP contribution in [0.5, 0.6) is 0 Å². The number of aromatic nitrogens is 3. The molecule has 0 unspecified atom stereocenters. The van der Waals surface area contributed by atoms with Gasteiger partial charge in [-0.25, -0.2) is 9.97 Å². The summed E-state index contributed by atoms with van der Waals surface area (Å²) >= 11 is 0. The second kappa shape index (κ2) is 15.4. The first-order valence-electron chi connectivity index (χ1n) is 24.0. The van der Waals surface area contributed by atoms with Crippen molar-refractivity contribution in [2.24, 2.45) is 0 Å². The highest BCUT2D eigenvalue weighted by atomic mass is 16.3. The van der Waals surface area contributed by atoms with Crippen LogP contribution in [-0.2, 0) is 5.41 Å². The van der Waals surface area contributed by atoms with E-state index in [4.69, 9.17) is 14.4 Å². The molecule has 4 nitrogen and oxygen atoms in total. The van der Waals surface area contributed by atoms with Gasteiger partial charge in [-0.05, 0) is 112 Å². The number of hydrogen-bond acceptors (Lipinski definition) is 3. The molecule has 0 atom stereocenters. The summed E-state index contributed by atoms with van der Waals surface area (Å²) in [5.41, 5.74) is 20.6. The average Bonchev–Trinajstić information content (AvgIpc) is 4.03. The summed E-state index contributed by atoms with van der Waals surface area (Å²) in [5.74, 6) is 0.701. The largest absolute Gasteiger partial charge is 0.456 e. The fraction of sp³-hybridized carbons (Fsp3) is 0.0938. The van der Waals surface area contributed by atoms with E-state index >= 15 is 0 Å². The van der Waals surface area contributed by atoms with E-state index in [-0.39, 0.29) is 5.41 Å². The summed E-state index contributed by atoms with van der Waals surface area (Å²) in [6.45, 7) is 0. The Kier molecular flexibility index (Phi) is 8.79. The van der Waals surface area contributed by atoms with Gasteiger partial charge in [-0.3, -0.25) is 0 Å². The molecule has 0 aliphatic heterocycles. The average molecular weight is 872 g/mol. The van der Waals surface area contributed by atoms with E-state index in [1.807, 2.05) is 12.1 Å². The zero-order chi connectivity index (χ0) is 44.8. The quantitative estimate of drug-likeness (QED) is 0.167. The predicted octanol–water partition coefficient (Wildman–Crippen LogP) is 17.0. The van der Waals surface area contributed by atoms with E-state index in [2.05, 4.69) is 205 Å². The van der Waals surface area contributed by atoms with Crippen molar-refractivity contribution in [3.8, 4) is 73.0 Å². The molecule has 3 heterocycles. The number of rotatable bonds is 6. The van der Waals surface area contributed by atoms with Crippen LogP contribution in [-0.4, -0.2) is 14.5 Å². The summed E-state index contributed by atoms with van der Waals surface area (Å²) in [4.78, 5) is 10.4. The van der Waals surface area contributed by atoms with Crippen molar-refractivity contribution in [3.05, 3.63) is 223 Å². The highest BCUT2D eigenvalue weighted by Gasteiger charge is 2.44. The van der Waals surface area contributed by atoms with Crippen LogP contribution in [0.3, 0.4) is 0 Å². The molecule has 0 amide bonds. The molecule has 2 aliphatic carbocycles. The lowest BCUT2D eigenvalue weighted by Crippen LogP contribution is -2.27. The maximum Gasteiger partial charge on any atom is 0.160 e. The van der Waals surface area contributed by atoms with Crippen LogP contribution >= 0.6 is 0 Å². The van der Waals surface area contributed by atoms with Crippen molar-refractivity contribution in [2.45, 2.75) is 37.5 Å². The Bertz CT molecular complexity index is 3930. The van der Waals surface area contributed by atoms with Crippen LogP contribution in [0.1, 0.15) is 43.2 Å². The molecule has 0 N–H and O–H groups in total. The Morgan fingerprint density at radius 3 is 1.84 bits per heavy atom. The number of furan rings is 1. The molecule has 12 aromatic rings. The smallest absolute Gasteiger partial charge is 0.160 e. The highest BCUT2D eigenvalue weighted by molar-refractivity contribution is 6.13. The van der Waals surface area contributed by atoms with Crippen LogP contribution in [0.4, 0.5) is 0 Å². The molecule has 0 radical (unpaired) electrons. The molecule has 1 spiro atoms. The summed E-state index contributed by atoms with van der Waals surface area (Å²) in [6.07, 6.45) is 6.20. The molecular formula is C64H45N3O. The minimum atomic E-state index is 0.0465. The van der Waals surface area contributed by atoms with Crippen molar-refractivity contribution in [2.75, 3.05) is 0 Å². The molecule has 14 rings (SSSR count). The SMILES string of the molecule is c1ccc(-c2ccc(-c3nc(-c4ccccc4)cc(-c4cccc(-c5ccc6c(c5)c5cc7c(cc5n6-c5ccc6c(c5)oc5ccccc56)-c5ccccc5C75CCCCC5)c4)n3)cc2)cc1. The maximum atomic E-state index is 6.50. The van der Waals surface area contributed by atoms with Gasteiger partial charge in [0.1, 0.15) is 11.2 Å². The van der Waals surface area contributed by atoms with Crippen molar-refractivity contribution in [1.82, 2.24) is 14.5 Å². The van der Waals surface area contributed by atoms with Crippen molar-refractivity contribution >= 4 is 43.7 Å². The number of nitrogens with zero attached hydrogens (tertiary/aromatic N) is 3. The topological polar surface area (TPSA) is 43.9 Å². The van der Waals surface area contributed by atoms with E-state index in [0.717, 1.165) is 72.4 Å². The van der Waals surface area contributed by atoms with Crippen molar-refractivity contribution in [3.63, 3.8) is 0 Å². The minimum Gasteiger partial charge on any atom is -0.456 e. The standard InChI is InChI=1S/C64H45N3O/c1-4-15-41(16-5-1)42-25-27-44(28-26-42)63-65-57(43-17-6-2-7-18-43)40-58(66-63)47-20-14-19-45(35-47)46-29-32-59-53(36-46)54-38-56-52(49-21-8-10-23-55(49)64(56)33-12-3-13-34-64)39-60(54)67(59)48-30-31-51-50-22-9-11-24-61(50)68-62(51)37-48/h1-2,4-11,14-32,35-40H,3,12-13,33-34H2. The zero-order valence-electron chi connectivity index (χ0n) is 37.5. The zero-order valence-corrected chi connectivity index (χ0v) is 37.5. The number of benzene rings is 9. The van der Waals surface area contributed by atoms with Gasteiger partial charge in [0.05, 0.1) is 22.4 Å². The van der Waals surface area contributed by atoms with Crippen LogP contribution in [0, 0.1) is 0 Å². The molecule has 322 valence electrons. The minimum absolute atomic E-state index is 0.0465. The van der Waals surface area contributed by atoms with Gasteiger partial charge in [-0.2, -0.15) is 0 Å². The van der Waals surface area contributed by atoms with Gasteiger partial charge in [-0.15, -0.1) is 0 Å². The summed E-state index contributed by atoms with van der Waals surface area (Å²) in [5, 5.41) is 4.80. The van der Waals surface area contributed by atoms with E-state index in [1.165, 1.54) is 81.7 Å². The predicted molar refractivity (Wildman–Crippen MR) is 280 cm³/mol. The Morgan fingerprint density at radius 1 is 0.368 bits per heavy atom. The lowest BCUT2D eigenvalue weighted by atomic mass is 9.68. The summed E-state index contributed by atoms with van der Waals surface area (Å²) < 4.78 is 8.96. The second-order valence-corrected chi connectivity index (χ2v) is 18.8. The summed E-state index contributed by atoms with van der Waals surface area (Å²) in [7, 11) is 0. The molecular weight excluding hydrogens is 827 g/mol. The van der Waals surface area contributed by atoms with Crippen LogP contribution < -0.4 is 0 Å². The Labute approximate surface area is 394 Å². The third-order valence-corrected chi connectivity index (χ3v) is 15.0. The lowest BCUT2D eigenvalue weighted by molar-refractivity contribution is 0.353. The molecule has 2 aliphatic rings. The molecule has 3 aromatic heterocycles. The molecule has 4 heteroatoms. The molecule has 0 bridgehead atoms. The molecule has 1 saturated carbocycles. The monoisotopic (exact) mass is 871 g/mol. The molecule has 0 saturated heterocycles. The third-order valence-electron chi connectivity index (χ3n) is 15.0. The summed E-state index contributed by atoms with van der Waals surface area (Å²) in [6, 6.07) is 76.9. The normalized spacial score (nSPS) is 14.0. The number of fused-ring (bicyclic) bond motifs is 11. The van der Waals surface area contributed by atoms with E-state index in [9.17, 15) is 0 Å². The van der Waals surface area contributed by atoms with Gasteiger partial charge < -0.3 is 8.98 Å². The van der Waals surface area contributed by atoms with Crippen LogP contribution in [0.2, 0.25) is 0 Å². The Balaban J connectivity index is 0.933. The first-order chi connectivity index (χ1) is 33.6. The van der Waals surface area contributed by atoms with E-state index in [0.29, 0.717) is 5.82 Å². The maximum absolute atomic E-state index is 6.50. The molecule has 1 fully saturated rings. The van der Waals surface area contributed by atoms with Gasteiger partial charge in [-0.1, -0.05) is 171 Å². The lowest BCUT2D eigenvalue weighted by Gasteiger charge is -2.36. The van der Waals surface area contributed by atoms with Gasteiger partial charge in [0.2, 0.25) is 0 Å². The first-order valence-corrected chi connectivity index (χ1v) is 24.0. The van der Waals surface area contributed by atoms with E-state index < -0.39 is 0 Å².